The van der Waals surface area contributed by atoms with Gasteiger partial charge in [0.2, 0.25) is 11.8 Å². The van der Waals surface area contributed by atoms with Gasteiger partial charge in [-0.1, -0.05) is 6.92 Å². The van der Waals surface area contributed by atoms with Crippen molar-refractivity contribution in [1.82, 2.24) is 20.1 Å². The van der Waals surface area contributed by atoms with Crippen molar-refractivity contribution in [3.8, 4) is 17.4 Å². The number of anilines is 1. The lowest BCUT2D eigenvalue weighted by Gasteiger charge is -2.13. The van der Waals surface area contributed by atoms with E-state index in [0.717, 1.165) is 18.7 Å². The lowest BCUT2D eigenvalue weighted by atomic mass is 10.3. The average molecular weight is 468 g/mol. The highest BCUT2D eigenvalue weighted by Crippen LogP contribution is 2.27. The van der Waals surface area contributed by atoms with Gasteiger partial charge in [-0.25, -0.2) is 13.1 Å². The van der Waals surface area contributed by atoms with E-state index in [9.17, 15) is 8.42 Å². The highest BCUT2D eigenvalue weighted by molar-refractivity contribution is 7.92. The first-order chi connectivity index (χ1) is 14.5. The number of benzene rings is 1. The fourth-order valence-corrected chi connectivity index (χ4v) is 3.73. The number of rotatable bonds is 11. The van der Waals surface area contributed by atoms with Gasteiger partial charge in [0.25, 0.3) is 10.0 Å². The Morgan fingerprint density at radius 3 is 2.52 bits per heavy atom. The van der Waals surface area contributed by atoms with Crippen molar-refractivity contribution in [3.05, 3.63) is 54.9 Å². The Morgan fingerprint density at radius 2 is 1.87 bits per heavy atom. The molecule has 1 aromatic carbocycles. The smallest absolute Gasteiger partial charge is 0.262 e. The molecule has 0 fully saturated rings. The van der Waals surface area contributed by atoms with E-state index in [1.165, 1.54) is 19.2 Å². The van der Waals surface area contributed by atoms with E-state index in [-0.39, 0.29) is 28.9 Å². The molecule has 2 N–H and O–H groups in total. The summed E-state index contributed by atoms with van der Waals surface area (Å²) in [6.45, 7) is 4.15. The second-order valence-electron chi connectivity index (χ2n) is 6.35. The van der Waals surface area contributed by atoms with Crippen molar-refractivity contribution in [1.29, 1.82) is 0 Å². The van der Waals surface area contributed by atoms with Crippen LogP contribution in [0.1, 0.15) is 13.3 Å². The number of nitrogens with zero attached hydrogens (tertiary/aromatic N) is 3. The summed E-state index contributed by atoms with van der Waals surface area (Å²) in [5.41, 5.74) is 0.984. The number of hydrogen-bond acceptors (Lipinski definition) is 7. The maximum Gasteiger partial charge on any atom is 0.262 e. The third-order valence-electron chi connectivity index (χ3n) is 4.14. The summed E-state index contributed by atoms with van der Waals surface area (Å²) in [6, 6.07) is 11.3. The van der Waals surface area contributed by atoms with Gasteiger partial charge in [0, 0.05) is 25.0 Å². The Bertz CT molecular complexity index is 1040. The van der Waals surface area contributed by atoms with Crippen molar-refractivity contribution in [2.45, 2.75) is 18.2 Å². The van der Waals surface area contributed by atoms with Crippen LogP contribution in [0.15, 0.2) is 59.8 Å². The molecule has 0 atom stereocenters. The number of aromatic nitrogens is 3. The molecule has 0 amide bonds. The Kier molecular flexibility index (Phi) is 9.10. The number of ether oxygens (including phenoxy) is 2. The summed E-state index contributed by atoms with van der Waals surface area (Å²) in [4.78, 5) is 4.34. The van der Waals surface area contributed by atoms with Gasteiger partial charge in [-0.2, -0.15) is 10.1 Å². The van der Waals surface area contributed by atoms with Crippen LogP contribution in [0.25, 0.3) is 5.69 Å². The lowest BCUT2D eigenvalue weighted by Crippen LogP contribution is -2.21. The molecule has 9 nitrogen and oxygen atoms in total. The minimum Gasteiger partial charge on any atom is -0.479 e. The molecule has 0 bridgehead atoms. The maximum atomic E-state index is 12.8. The molecule has 3 rings (SSSR count). The normalized spacial score (nSPS) is 10.9. The fraction of sp³-hybridized carbons (Fsp3) is 0.300. The number of halogens is 1. The van der Waals surface area contributed by atoms with Gasteiger partial charge in [-0.3, -0.25) is 4.72 Å². The zero-order valence-electron chi connectivity index (χ0n) is 17.3. The molecule has 0 aliphatic rings. The van der Waals surface area contributed by atoms with Crippen molar-refractivity contribution in [2.75, 3.05) is 31.5 Å². The summed E-state index contributed by atoms with van der Waals surface area (Å²) in [6.07, 6.45) is 4.48. The first-order valence-electron chi connectivity index (χ1n) is 9.55. The molecule has 0 radical (unpaired) electrons. The molecule has 0 saturated heterocycles. The highest BCUT2D eigenvalue weighted by Gasteiger charge is 2.18. The molecule has 0 aliphatic heterocycles. The molecule has 3 aromatic rings. The van der Waals surface area contributed by atoms with E-state index in [1.807, 2.05) is 0 Å². The van der Waals surface area contributed by atoms with Crippen LogP contribution >= 0.6 is 12.4 Å². The predicted octanol–water partition coefficient (Wildman–Crippen LogP) is 2.88. The number of nitrogens with one attached hydrogen (secondary N) is 2. The molecule has 0 unspecified atom stereocenters. The summed E-state index contributed by atoms with van der Waals surface area (Å²) in [7, 11) is -2.40. The third kappa shape index (κ3) is 6.58. The Hall–Kier alpha value is -2.82. The van der Waals surface area contributed by atoms with Crippen LogP contribution in [-0.2, 0) is 10.0 Å². The fourth-order valence-electron chi connectivity index (χ4n) is 2.67. The monoisotopic (exact) mass is 467 g/mol. The van der Waals surface area contributed by atoms with Gasteiger partial charge in [0.1, 0.15) is 12.3 Å². The third-order valence-corrected chi connectivity index (χ3v) is 5.53. The quantitative estimate of drug-likeness (QED) is 0.417. The summed E-state index contributed by atoms with van der Waals surface area (Å²) in [5.74, 6) is 0.488. The molecular weight excluding hydrogens is 442 g/mol. The number of sulfonamides is 1. The van der Waals surface area contributed by atoms with E-state index in [4.69, 9.17) is 9.47 Å². The van der Waals surface area contributed by atoms with Gasteiger partial charge in [0.15, 0.2) is 0 Å². The minimum atomic E-state index is -3.82. The molecule has 0 spiro atoms. The van der Waals surface area contributed by atoms with Gasteiger partial charge >= 0.3 is 0 Å². The lowest BCUT2D eigenvalue weighted by molar-refractivity contribution is 0.296. The van der Waals surface area contributed by atoms with Crippen LogP contribution in [0.3, 0.4) is 0 Å². The molecule has 0 aliphatic carbocycles. The zero-order chi connectivity index (χ0) is 21.4. The highest BCUT2D eigenvalue weighted by atomic mass is 35.5. The topological polar surface area (TPSA) is 107 Å². The van der Waals surface area contributed by atoms with Gasteiger partial charge in [0.05, 0.1) is 17.7 Å². The largest absolute Gasteiger partial charge is 0.479 e. The molecular formula is C20H26ClN5O4S. The molecule has 2 aromatic heterocycles. The first-order valence-corrected chi connectivity index (χ1v) is 11.0. The van der Waals surface area contributed by atoms with Crippen molar-refractivity contribution >= 4 is 28.1 Å². The van der Waals surface area contributed by atoms with Crippen LogP contribution in [-0.4, -0.2) is 50.0 Å². The SMILES string of the molecule is CCCNCCOc1ccc(NS(=O)(=O)c2ccc(-n3cccn3)cc2)c(OC)n1.Cl. The molecule has 2 heterocycles. The van der Waals surface area contributed by atoms with Crippen LogP contribution in [0, 0.1) is 0 Å². The van der Waals surface area contributed by atoms with Gasteiger partial charge in [-0.15, -0.1) is 12.4 Å². The Morgan fingerprint density at radius 1 is 1.10 bits per heavy atom. The van der Waals surface area contributed by atoms with Crippen LogP contribution in [0.5, 0.6) is 11.8 Å². The Labute approximate surface area is 188 Å². The second kappa shape index (κ2) is 11.5. The predicted molar refractivity (Wildman–Crippen MR) is 121 cm³/mol. The van der Waals surface area contributed by atoms with Crippen molar-refractivity contribution in [3.63, 3.8) is 0 Å². The number of pyridine rings is 1. The van der Waals surface area contributed by atoms with Crippen molar-refractivity contribution < 1.29 is 17.9 Å². The summed E-state index contributed by atoms with van der Waals surface area (Å²) in [5, 5.41) is 7.35. The molecule has 168 valence electrons. The second-order valence-corrected chi connectivity index (χ2v) is 8.04. The van der Waals surface area contributed by atoms with E-state index in [0.29, 0.717) is 19.0 Å². The van der Waals surface area contributed by atoms with E-state index in [1.54, 1.807) is 47.4 Å². The average Bonchev–Trinajstić information content (AvgIpc) is 3.29. The van der Waals surface area contributed by atoms with E-state index in [2.05, 4.69) is 27.0 Å². The molecule has 0 saturated carbocycles. The molecule has 31 heavy (non-hydrogen) atoms. The van der Waals surface area contributed by atoms with Gasteiger partial charge in [-0.05, 0) is 49.4 Å². The number of hydrogen-bond donors (Lipinski definition) is 2. The van der Waals surface area contributed by atoms with Crippen molar-refractivity contribution in [2.24, 2.45) is 0 Å². The zero-order valence-corrected chi connectivity index (χ0v) is 18.9. The van der Waals surface area contributed by atoms with E-state index >= 15 is 0 Å². The summed E-state index contributed by atoms with van der Waals surface area (Å²) < 4.78 is 40.5. The van der Waals surface area contributed by atoms with Gasteiger partial charge < -0.3 is 14.8 Å². The molecule has 11 heteroatoms. The minimum absolute atomic E-state index is 0. The van der Waals surface area contributed by atoms with Crippen LogP contribution in [0.4, 0.5) is 5.69 Å². The van der Waals surface area contributed by atoms with Crippen LogP contribution in [0.2, 0.25) is 0 Å². The standard InChI is InChI=1S/C20H25N5O4S.ClH/c1-3-11-21-13-15-29-19-10-9-18(20(23-19)28-2)24-30(26,27)17-7-5-16(6-8-17)25-14-4-12-22-25;/h4-10,12,14,21,24H,3,11,13,15H2,1-2H3;1H. The van der Waals surface area contributed by atoms with E-state index < -0.39 is 10.0 Å². The maximum absolute atomic E-state index is 12.8. The Balaban J connectivity index is 0.00000341. The number of methoxy groups -OCH3 is 1. The van der Waals surface area contributed by atoms with Crippen LogP contribution < -0.4 is 19.5 Å². The first kappa shape index (κ1) is 24.4. The summed E-state index contributed by atoms with van der Waals surface area (Å²) >= 11 is 0.